The van der Waals surface area contributed by atoms with Gasteiger partial charge in [0, 0.05) is 52.4 Å². The van der Waals surface area contributed by atoms with Crippen molar-refractivity contribution in [3.05, 3.63) is 41.7 Å². The molecule has 1 heterocycles. The Morgan fingerprint density at radius 2 is 1.93 bits per heavy atom. The first-order chi connectivity index (χ1) is 13.5. The van der Waals surface area contributed by atoms with E-state index in [-0.39, 0.29) is 29.8 Å². The van der Waals surface area contributed by atoms with Gasteiger partial charge in [0.25, 0.3) is 0 Å². The summed E-state index contributed by atoms with van der Waals surface area (Å²) in [7, 11) is 1.77. The Morgan fingerprint density at radius 1 is 1.28 bits per heavy atom. The van der Waals surface area contributed by atoms with Gasteiger partial charge in [-0.3, -0.25) is 9.89 Å². The fourth-order valence-corrected chi connectivity index (χ4v) is 3.67. The molecule has 0 bridgehead atoms. The van der Waals surface area contributed by atoms with Crippen molar-refractivity contribution in [3.8, 4) is 0 Å². The Kier molecular flexibility index (Phi) is 11.6. The number of hydrogen-bond acceptors (Lipinski definition) is 3. The summed E-state index contributed by atoms with van der Waals surface area (Å²) in [6.07, 6.45) is 2.17. The maximum atomic E-state index is 14.5. The molecule has 0 atom stereocenters. The van der Waals surface area contributed by atoms with Crippen molar-refractivity contribution in [2.75, 3.05) is 44.7 Å². The van der Waals surface area contributed by atoms with Crippen LogP contribution in [0.5, 0.6) is 0 Å². The van der Waals surface area contributed by atoms with Crippen LogP contribution in [0.2, 0.25) is 0 Å². The van der Waals surface area contributed by atoms with E-state index in [0.717, 1.165) is 57.1 Å². The molecule has 0 unspecified atom stereocenters. The first-order valence-electron chi connectivity index (χ1n) is 10.3. The summed E-state index contributed by atoms with van der Waals surface area (Å²) in [4.78, 5) is 8.79. The van der Waals surface area contributed by atoms with Gasteiger partial charge in [-0.25, -0.2) is 4.39 Å². The number of hydrogen-bond donors (Lipinski definition) is 2. The van der Waals surface area contributed by atoms with Crippen LogP contribution in [0.4, 0.5) is 10.1 Å². The molecule has 2 rings (SSSR count). The van der Waals surface area contributed by atoms with E-state index in [4.69, 9.17) is 0 Å². The quantitative estimate of drug-likeness (QED) is 0.237. The van der Waals surface area contributed by atoms with Crippen LogP contribution in [0, 0.1) is 5.82 Å². The first kappa shape index (κ1) is 25.7. The van der Waals surface area contributed by atoms with Gasteiger partial charge in [-0.2, -0.15) is 0 Å². The molecule has 0 saturated carbocycles. The normalized spacial score (nSPS) is 15.6. The van der Waals surface area contributed by atoms with Gasteiger partial charge in [-0.05, 0) is 51.3 Å². The van der Waals surface area contributed by atoms with E-state index in [9.17, 15) is 4.39 Å². The topological polar surface area (TPSA) is 42.9 Å². The number of halogens is 2. The van der Waals surface area contributed by atoms with Gasteiger partial charge < -0.3 is 15.5 Å². The zero-order chi connectivity index (χ0) is 20.5. The Bertz CT molecular complexity index is 667. The van der Waals surface area contributed by atoms with Crippen LogP contribution in [0.15, 0.2) is 35.3 Å². The van der Waals surface area contributed by atoms with E-state index >= 15 is 0 Å². The molecule has 1 aliphatic rings. The van der Waals surface area contributed by atoms with Gasteiger partial charge >= 0.3 is 0 Å². The lowest BCUT2D eigenvalue weighted by atomic mass is 10.0. The second-order valence-corrected chi connectivity index (χ2v) is 7.54. The molecular weight excluding hydrogens is 480 g/mol. The summed E-state index contributed by atoms with van der Waals surface area (Å²) in [5.41, 5.74) is 2.79. The molecule has 0 aliphatic carbocycles. The zero-order valence-corrected chi connectivity index (χ0v) is 20.6. The van der Waals surface area contributed by atoms with Crippen molar-refractivity contribution >= 4 is 35.6 Å². The first-order valence-corrected chi connectivity index (χ1v) is 10.3. The molecule has 7 heteroatoms. The number of piperidine rings is 1. The fourth-order valence-electron chi connectivity index (χ4n) is 3.67. The number of benzene rings is 1. The maximum Gasteiger partial charge on any atom is 0.191 e. The Hall–Kier alpha value is -1.35. The van der Waals surface area contributed by atoms with Gasteiger partial charge in [0.05, 0.1) is 5.69 Å². The van der Waals surface area contributed by atoms with Crippen LogP contribution in [0.3, 0.4) is 0 Å². The van der Waals surface area contributed by atoms with E-state index < -0.39 is 0 Å². The Balaban J connectivity index is 0.00000420. The smallest absolute Gasteiger partial charge is 0.191 e. The van der Waals surface area contributed by atoms with Crippen LogP contribution < -0.4 is 15.5 Å². The predicted molar refractivity (Wildman–Crippen MR) is 133 cm³/mol. The molecule has 1 aromatic rings. The molecule has 0 spiro atoms. The monoisotopic (exact) mass is 517 g/mol. The third-order valence-electron chi connectivity index (χ3n) is 5.22. The van der Waals surface area contributed by atoms with Crippen molar-refractivity contribution in [3.63, 3.8) is 0 Å². The second-order valence-electron chi connectivity index (χ2n) is 7.54. The van der Waals surface area contributed by atoms with Crippen LogP contribution in [0.1, 0.15) is 39.2 Å². The lowest BCUT2D eigenvalue weighted by Gasteiger charge is -2.33. The fraction of sp³-hybridized carbons (Fsp3) is 0.591. The van der Waals surface area contributed by atoms with Gasteiger partial charge in [0.2, 0.25) is 0 Å². The maximum absolute atomic E-state index is 14.5. The molecular formula is C22H37FIN5. The summed E-state index contributed by atoms with van der Waals surface area (Å²) in [6.45, 7) is 15.4. The molecule has 1 aromatic carbocycles. The van der Waals surface area contributed by atoms with E-state index in [1.807, 2.05) is 30.9 Å². The summed E-state index contributed by atoms with van der Waals surface area (Å²) >= 11 is 0. The summed E-state index contributed by atoms with van der Waals surface area (Å²) < 4.78 is 14.5. The highest BCUT2D eigenvalue weighted by Gasteiger charge is 2.19. The molecule has 0 radical (unpaired) electrons. The SMILES string of the molecule is C=C(C)CN1CCC(NC(=NC)NCc2ccc(N(CC)CC)c(F)c2)CC1.I. The molecule has 0 amide bonds. The minimum atomic E-state index is -0.171. The van der Waals surface area contributed by atoms with Crippen LogP contribution in [-0.4, -0.2) is 56.7 Å². The van der Waals surface area contributed by atoms with E-state index in [1.54, 1.807) is 13.1 Å². The number of guanidine groups is 1. The molecule has 1 fully saturated rings. The van der Waals surface area contributed by atoms with Gasteiger partial charge in [0.1, 0.15) is 5.82 Å². The number of aliphatic imine (C=N–C) groups is 1. The molecule has 1 aliphatic heterocycles. The number of anilines is 1. The molecule has 164 valence electrons. The molecule has 5 nitrogen and oxygen atoms in total. The van der Waals surface area contributed by atoms with E-state index in [1.165, 1.54) is 5.57 Å². The highest BCUT2D eigenvalue weighted by atomic mass is 127. The standard InChI is InChI=1S/C22H36FN5.HI/c1-6-28(7-2)21-9-8-18(14-20(21)23)15-25-22(24-5)26-19-10-12-27(13-11-19)16-17(3)4;/h8-9,14,19H,3,6-7,10-13,15-16H2,1-2,4-5H3,(H2,24,25,26);1H. The lowest BCUT2D eigenvalue weighted by molar-refractivity contribution is 0.221. The summed E-state index contributed by atoms with van der Waals surface area (Å²) in [6, 6.07) is 5.87. The van der Waals surface area contributed by atoms with Crippen molar-refractivity contribution in [2.45, 2.75) is 46.2 Å². The number of likely N-dealkylation sites (tertiary alicyclic amines) is 1. The van der Waals surface area contributed by atoms with E-state index in [0.29, 0.717) is 18.3 Å². The Morgan fingerprint density at radius 3 is 2.45 bits per heavy atom. The zero-order valence-electron chi connectivity index (χ0n) is 18.3. The average molecular weight is 517 g/mol. The van der Waals surface area contributed by atoms with Gasteiger partial charge in [0.15, 0.2) is 5.96 Å². The van der Waals surface area contributed by atoms with Crippen LogP contribution in [-0.2, 0) is 6.54 Å². The third-order valence-corrected chi connectivity index (χ3v) is 5.22. The summed E-state index contributed by atoms with van der Waals surface area (Å²) in [5.74, 6) is 0.599. The van der Waals surface area contributed by atoms with Gasteiger partial charge in [-0.15, -0.1) is 24.0 Å². The highest BCUT2D eigenvalue weighted by molar-refractivity contribution is 14.0. The van der Waals surface area contributed by atoms with E-state index in [2.05, 4.69) is 34.0 Å². The number of nitrogens with zero attached hydrogens (tertiary/aromatic N) is 3. The number of nitrogens with one attached hydrogen (secondary N) is 2. The minimum Gasteiger partial charge on any atom is -0.370 e. The van der Waals surface area contributed by atoms with Crippen molar-refractivity contribution in [2.24, 2.45) is 4.99 Å². The Labute approximate surface area is 192 Å². The average Bonchev–Trinajstić information content (AvgIpc) is 2.68. The van der Waals surface area contributed by atoms with Crippen LogP contribution in [0.25, 0.3) is 0 Å². The largest absolute Gasteiger partial charge is 0.370 e. The van der Waals surface area contributed by atoms with Crippen molar-refractivity contribution in [1.29, 1.82) is 0 Å². The molecule has 1 saturated heterocycles. The molecule has 2 N–H and O–H groups in total. The predicted octanol–water partition coefficient (Wildman–Crippen LogP) is 4.00. The minimum absolute atomic E-state index is 0. The second kappa shape index (κ2) is 13.1. The lowest BCUT2D eigenvalue weighted by Crippen LogP contribution is -2.48. The molecule has 29 heavy (non-hydrogen) atoms. The highest BCUT2D eigenvalue weighted by Crippen LogP contribution is 2.20. The van der Waals surface area contributed by atoms with Gasteiger partial charge in [-0.1, -0.05) is 18.2 Å². The third kappa shape index (κ3) is 8.12. The number of rotatable bonds is 8. The van der Waals surface area contributed by atoms with Crippen LogP contribution >= 0.6 is 24.0 Å². The van der Waals surface area contributed by atoms with Crippen molar-refractivity contribution in [1.82, 2.24) is 15.5 Å². The summed E-state index contributed by atoms with van der Waals surface area (Å²) in [5, 5.41) is 6.81. The molecule has 0 aromatic heterocycles. The van der Waals surface area contributed by atoms with Crippen molar-refractivity contribution < 1.29 is 4.39 Å².